The van der Waals surface area contributed by atoms with Crippen LogP contribution >= 0.6 is 15.9 Å². The molecule has 2 aliphatic carbocycles. The molecule has 0 saturated heterocycles. The van der Waals surface area contributed by atoms with E-state index in [1.54, 1.807) is 6.20 Å². The molecule has 0 spiro atoms. The third kappa shape index (κ3) is 3.07. The number of hydrogen-bond donors (Lipinski definition) is 1. The van der Waals surface area contributed by atoms with E-state index in [2.05, 4.69) is 31.2 Å². The predicted octanol–water partition coefficient (Wildman–Crippen LogP) is 3.69. The first-order valence-corrected chi connectivity index (χ1v) is 10.1. The number of aromatic nitrogens is 3. The molecule has 6 nitrogen and oxygen atoms in total. The Morgan fingerprint density at radius 2 is 2.12 bits per heavy atom. The van der Waals surface area contributed by atoms with Gasteiger partial charge in [0.2, 0.25) is 5.90 Å². The van der Waals surface area contributed by atoms with Crippen molar-refractivity contribution in [3.63, 3.8) is 0 Å². The number of fused-ring (bicyclic) bond motifs is 1. The van der Waals surface area contributed by atoms with Crippen molar-refractivity contribution in [1.29, 1.82) is 0 Å². The second kappa shape index (κ2) is 6.46. The van der Waals surface area contributed by atoms with Crippen molar-refractivity contribution >= 4 is 32.9 Å². The summed E-state index contributed by atoms with van der Waals surface area (Å²) in [6.45, 7) is 0.927. The summed E-state index contributed by atoms with van der Waals surface area (Å²) in [5, 5.41) is 19.2. The second-order valence-corrected chi connectivity index (χ2v) is 8.38. The third-order valence-electron chi connectivity index (χ3n) is 5.46. The Hall–Kier alpha value is -1.73. The molecule has 1 aromatic carbocycles. The van der Waals surface area contributed by atoms with Crippen LogP contribution in [0.15, 0.2) is 33.9 Å². The van der Waals surface area contributed by atoms with Crippen molar-refractivity contribution in [1.82, 2.24) is 15.0 Å². The first kappa shape index (κ1) is 16.4. The van der Waals surface area contributed by atoms with Crippen LogP contribution in [0.25, 0.3) is 11.0 Å². The Morgan fingerprint density at radius 1 is 1.27 bits per heavy atom. The summed E-state index contributed by atoms with van der Waals surface area (Å²) in [6.07, 6.45) is 8.86. The van der Waals surface area contributed by atoms with Crippen molar-refractivity contribution in [2.75, 3.05) is 0 Å². The molecule has 7 heteroatoms. The molecular weight excluding hydrogens is 396 g/mol. The van der Waals surface area contributed by atoms with Gasteiger partial charge < -0.3 is 9.84 Å². The first-order valence-electron chi connectivity index (χ1n) is 9.31. The minimum Gasteiger partial charge on any atom is -0.441 e. The smallest absolute Gasteiger partial charge is 0.200 e. The predicted molar refractivity (Wildman–Crippen MR) is 102 cm³/mol. The molecule has 0 radical (unpaired) electrons. The SMILES string of the molecule is OC(C1CC1)C1CC=CN=C1Oc1ccc2c(nnn2CC2CC2)c1Br. The number of aliphatic hydroxyl groups excluding tert-OH is 1. The van der Waals surface area contributed by atoms with Crippen molar-refractivity contribution in [2.24, 2.45) is 22.7 Å². The highest BCUT2D eigenvalue weighted by Crippen LogP contribution is 2.39. The summed E-state index contributed by atoms with van der Waals surface area (Å²) in [7, 11) is 0. The van der Waals surface area contributed by atoms with Crippen LogP contribution in [0.4, 0.5) is 0 Å². The zero-order valence-electron chi connectivity index (χ0n) is 14.4. The van der Waals surface area contributed by atoms with E-state index < -0.39 is 0 Å². The Bertz CT molecular complexity index is 898. The summed E-state index contributed by atoms with van der Waals surface area (Å²) in [5.74, 6) is 2.28. The fraction of sp³-hybridized carbons (Fsp3) is 0.526. The number of allylic oxidation sites excluding steroid dienone is 1. The van der Waals surface area contributed by atoms with E-state index in [-0.39, 0.29) is 12.0 Å². The molecule has 2 saturated carbocycles. The Kier molecular flexibility index (Phi) is 4.09. The number of ether oxygens (including phenoxy) is 1. The van der Waals surface area contributed by atoms with Gasteiger partial charge in [-0.2, -0.15) is 0 Å². The Morgan fingerprint density at radius 3 is 2.88 bits per heavy atom. The standard InChI is InChI=1S/C19H21BrN4O2/c20-16-15(8-7-14-17(16)22-23-24(14)10-11-3-4-11)26-19-13(2-1-9-21-19)18(25)12-5-6-12/h1,7-9,11-13,18,25H,2-6,10H2. The van der Waals surface area contributed by atoms with Crippen LogP contribution in [-0.4, -0.2) is 32.1 Å². The topological polar surface area (TPSA) is 72.5 Å². The van der Waals surface area contributed by atoms with Gasteiger partial charge in [0.25, 0.3) is 0 Å². The van der Waals surface area contributed by atoms with Gasteiger partial charge in [-0.05, 0) is 72.0 Å². The van der Waals surface area contributed by atoms with Crippen LogP contribution in [0.1, 0.15) is 32.1 Å². The van der Waals surface area contributed by atoms with Gasteiger partial charge in [0.1, 0.15) is 11.3 Å². The third-order valence-corrected chi connectivity index (χ3v) is 6.23. The molecule has 26 heavy (non-hydrogen) atoms. The average molecular weight is 417 g/mol. The Labute approximate surface area is 160 Å². The van der Waals surface area contributed by atoms with Crippen LogP contribution in [0.2, 0.25) is 0 Å². The van der Waals surface area contributed by atoms with Gasteiger partial charge in [-0.1, -0.05) is 11.3 Å². The molecule has 2 unspecified atom stereocenters. The number of nitrogens with zero attached hydrogens (tertiary/aromatic N) is 4. The quantitative estimate of drug-likeness (QED) is 0.806. The average Bonchev–Trinajstić information content (AvgIpc) is 3.56. The van der Waals surface area contributed by atoms with Crippen LogP contribution < -0.4 is 4.74 Å². The lowest BCUT2D eigenvalue weighted by Crippen LogP contribution is -2.34. The van der Waals surface area contributed by atoms with Crippen molar-refractivity contribution in [3.05, 3.63) is 28.9 Å². The van der Waals surface area contributed by atoms with Gasteiger partial charge >= 0.3 is 0 Å². The van der Waals surface area contributed by atoms with Gasteiger partial charge in [-0.3, -0.25) is 0 Å². The molecule has 0 amide bonds. The minimum absolute atomic E-state index is 0.0827. The van der Waals surface area contributed by atoms with E-state index in [0.29, 0.717) is 17.6 Å². The summed E-state index contributed by atoms with van der Waals surface area (Å²) >= 11 is 3.63. The largest absolute Gasteiger partial charge is 0.441 e. The minimum atomic E-state index is -0.388. The molecule has 5 rings (SSSR count). The van der Waals surface area contributed by atoms with E-state index in [0.717, 1.165) is 47.2 Å². The van der Waals surface area contributed by atoms with E-state index in [4.69, 9.17) is 4.74 Å². The second-order valence-electron chi connectivity index (χ2n) is 7.58. The maximum absolute atomic E-state index is 10.6. The highest BCUT2D eigenvalue weighted by atomic mass is 79.9. The number of halogens is 1. The number of aliphatic hydroxyl groups is 1. The zero-order valence-corrected chi connectivity index (χ0v) is 16.0. The van der Waals surface area contributed by atoms with Gasteiger partial charge in [0.05, 0.1) is 22.0 Å². The van der Waals surface area contributed by atoms with Gasteiger partial charge in [0.15, 0.2) is 0 Å². The summed E-state index contributed by atoms with van der Waals surface area (Å²) in [4.78, 5) is 4.40. The molecule has 136 valence electrons. The summed E-state index contributed by atoms with van der Waals surface area (Å²) in [5.41, 5.74) is 1.81. The summed E-state index contributed by atoms with van der Waals surface area (Å²) in [6, 6.07) is 3.93. The lowest BCUT2D eigenvalue weighted by Gasteiger charge is -2.25. The molecule has 1 aliphatic heterocycles. The molecule has 3 aliphatic rings. The summed E-state index contributed by atoms with van der Waals surface area (Å²) < 4.78 is 8.88. The molecule has 2 heterocycles. The fourth-order valence-corrected chi connectivity index (χ4v) is 4.04. The van der Waals surface area contributed by atoms with Crippen LogP contribution in [0, 0.1) is 17.8 Å². The molecule has 2 atom stereocenters. The molecule has 1 N–H and O–H groups in total. The number of benzene rings is 1. The molecule has 2 aromatic rings. The lowest BCUT2D eigenvalue weighted by molar-refractivity contribution is 0.109. The molecule has 1 aromatic heterocycles. The van der Waals surface area contributed by atoms with Crippen molar-refractivity contribution in [3.8, 4) is 5.75 Å². The number of hydrogen-bond acceptors (Lipinski definition) is 5. The van der Waals surface area contributed by atoms with Crippen molar-refractivity contribution < 1.29 is 9.84 Å². The monoisotopic (exact) mass is 416 g/mol. The van der Waals surface area contributed by atoms with Gasteiger partial charge in [-0.25, -0.2) is 9.67 Å². The lowest BCUT2D eigenvalue weighted by atomic mass is 9.93. The zero-order chi connectivity index (χ0) is 17.7. The van der Waals surface area contributed by atoms with Gasteiger partial charge in [-0.15, -0.1) is 5.10 Å². The highest BCUT2D eigenvalue weighted by Gasteiger charge is 2.38. The highest BCUT2D eigenvalue weighted by molar-refractivity contribution is 9.10. The van der Waals surface area contributed by atoms with E-state index in [9.17, 15) is 5.11 Å². The van der Waals surface area contributed by atoms with Gasteiger partial charge in [0, 0.05) is 12.7 Å². The molecular formula is C19H21BrN4O2. The van der Waals surface area contributed by atoms with E-state index >= 15 is 0 Å². The van der Waals surface area contributed by atoms with Crippen LogP contribution in [-0.2, 0) is 6.54 Å². The van der Waals surface area contributed by atoms with Crippen molar-refractivity contribution in [2.45, 2.75) is 44.8 Å². The number of aliphatic imine (C=N–C) groups is 1. The van der Waals surface area contributed by atoms with E-state index in [1.165, 1.54) is 12.8 Å². The maximum atomic E-state index is 10.6. The maximum Gasteiger partial charge on any atom is 0.200 e. The first-order chi connectivity index (χ1) is 12.7. The van der Waals surface area contributed by atoms with Crippen LogP contribution in [0.3, 0.4) is 0 Å². The molecule has 0 bridgehead atoms. The molecule has 2 fully saturated rings. The van der Waals surface area contributed by atoms with E-state index in [1.807, 2.05) is 22.9 Å². The Balaban J connectivity index is 1.42. The van der Waals surface area contributed by atoms with Crippen LogP contribution in [0.5, 0.6) is 5.75 Å². The number of rotatable bonds is 5. The normalized spacial score (nSPS) is 23.9. The fourth-order valence-electron chi connectivity index (χ4n) is 3.54.